The van der Waals surface area contributed by atoms with Gasteiger partial charge in [0.05, 0.1) is 5.60 Å². The lowest BCUT2D eigenvalue weighted by Gasteiger charge is -2.28. The monoisotopic (exact) mass is 187 g/mol. The van der Waals surface area contributed by atoms with Crippen LogP contribution >= 0.6 is 0 Å². The number of carbonyl (C=O) groups is 1. The van der Waals surface area contributed by atoms with Crippen LogP contribution in [0.2, 0.25) is 0 Å². The number of hydrogen-bond acceptors (Lipinski definition) is 3. The lowest BCUT2D eigenvalue weighted by atomic mass is 10.1. The summed E-state index contributed by atoms with van der Waals surface area (Å²) in [6.45, 7) is 4.61. The van der Waals surface area contributed by atoms with Crippen molar-refractivity contribution in [1.29, 1.82) is 0 Å². The first-order chi connectivity index (χ1) is 5.90. The van der Waals surface area contributed by atoms with Crippen LogP contribution in [0.5, 0.6) is 0 Å². The number of β-amino-alcohol motifs (C(OH)–C–C–N with tert-alkyl or cyclic N) is 1. The van der Waals surface area contributed by atoms with Crippen LogP contribution in [-0.2, 0) is 4.79 Å². The summed E-state index contributed by atoms with van der Waals surface area (Å²) < 4.78 is 0. The maximum atomic E-state index is 10.8. The molecule has 4 nitrogen and oxygen atoms in total. The zero-order valence-electron chi connectivity index (χ0n) is 8.16. The molecule has 76 valence electrons. The first-order valence-electron chi connectivity index (χ1n) is 4.59. The first kappa shape index (κ1) is 10.5. The zero-order valence-corrected chi connectivity index (χ0v) is 8.16. The van der Waals surface area contributed by atoms with E-state index >= 15 is 0 Å². The second kappa shape index (κ2) is 3.64. The highest BCUT2D eigenvalue weighted by Crippen LogP contribution is 2.19. The van der Waals surface area contributed by atoms with Gasteiger partial charge in [-0.3, -0.25) is 9.69 Å². The molecule has 0 aromatic heterocycles. The minimum atomic E-state index is -0.808. The van der Waals surface area contributed by atoms with Crippen molar-refractivity contribution in [2.24, 2.45) is 0 Å². The number of carboxylic acid groups (broad SMARTS) is 1. The van der Waals surface area contributed by atoms with Crippen molar-refractivity contribution in [2.45, 2.75) is 38.3 Å². The van der Waals surface area contributed by atoms with Crippen LogP contribution in [0.15, 0.2) is 0 Å². The number of rotatable bonds is 3. The first-order valence-corrected chi connectivity index (χ1v) is 4.59. The summed E-state index contributed by atoms with van der Waals surface area (Å²) >= 11 is 0. The Balaban J connectivity index is 2.54. The lowest BCUT2D eigenvalue weighted by Crippen LogP contribution is -2.44. The summed E-state index contributed by atoms with van der Waals surface area (Å²) in [6.07, 6.45) is 1.61. The molecule has 4 heteroatoms. The second-order valence-corrected chi connectivity index (χ2v) is 4.28. The number of hydrogen-bond donors (Lipinski definition) is 2. The van der Waals surface area contributed by atoms with Gasteiger partial charge in [-0.25, -0.2) is 0 Å². The molecule has 2 N–H and O–H groups in total. The van der Waals surface area contributed by atoms with Crippen LogP contribution < -0.4 is 0 Å². The maximum absolute atomic E-state index is 10.8. The van der Waals surface area contributed by atoms with E-state index < -0.39 is 17.6 Å². The minimum Gasteiger partial charge on any atom is -0.480 e. The van der Waals surface area contributed by atoms with Crippen molar-refractivity contribution < 1.29 is 15.0 Å². The van der Waals surface area contributed by atoms with E-state index in [2.05, 4.69) is 0 Å². The van der Waals surface area contributed by atoms with Gasteiger partial charge < -0.3 is 10.2 Å². The van der Waals surface area contributed by atoms with Gasteiger partial charge in [-0.15, -0.1) is 0 Å². The molecule has 0 radical (unpaired) electrons. The van der Waals surface area contributed by atoms with E-state index in [1.165, 1.54) is 0 Å². The Kier molecular flexibility index (Phi) is 2.93. The molecule has 1 fully saturated rings. The van der Waals surface area contributed by atoms with Crippen LogP contribution in [0, 0.1) is 0 Å². The highest BCUT2D eigenvalue weighted by atomic mass is 16.4. The van der Waals surface area contributed by atoms with E-state index in [0.717, 1.165) is 13.0 Å². The van der Waals surface area contributed by atoms with Gasteiger partial charge in [0.1, 0.15) is 6.04 Å². The standard InChI is InChI=1S/C9H17NO3/c1-9(2,13)6-10-5-3-4-7(10)8(11)12/h7,13H,3-6H2,1-2H3,(H,11,12). The highest BCUT2D eigenvalue weighted by molar-refractivity contribution is 5.73. The normalized spacial score (nSPS) is 25.0. The van der Waals surface area contributed by atoms with Crippen LogP contribution in [0.4, 0.5) is 0 Å². The van der Waals surface area contributed by atoms with Crippen LogP contribution in [-0.4, -0.2) is 45.8 Å². The largest absolute Gasteiger partial charge is 0.480 e. The Bertz CT molecular complexity index is 198. The van der Waals surface area contributed by atoms with Gasteiger partial charge in [0.2, 0.25) is 0 Å². The third-order valence-corrected chi connectivity index (χ3v) is 2.24. The number of likely N-dealkylation sites (tertiary alicyclic amines) is 1. The third kappa shape index (κ3) is 2.97. The predicted molar refractivity (Wildman–Crippen MR) is 48.5 cm³/mol. The summed E-state index contributed by atoms with van der Waals surface area (Å²) in [5.74, 6) is -0.776. The molecule has 0 bridgehead atoms. The van der Waals surface area contributed by atoms with Crippen molar-refractivity contribution >= 4 is 5.97 Å². The quantitative estimate of drug-likeness (QED) is 0.667. The van der Waals surface area contributed by atoms with Gasteiger partial charge in [0.15, 0.2) is 0 Å². The number of aliphatic carboxylic acids is 1. The van der Waals surface area contributed by atoms with Gasteiger partial charge in [-0.2, -0.15) is 0 Å². The molecule has 0 aromatic carbocycles. The third-order valence-electron chi connectivity index (χ3n) is 2.24. The lowest BCUT2D eigenvalue weighted by molar-refractivity contribution is -0.142. The van der Waals surface area contributed by atoms with Crippen molar-refractivity contribution in [3.63, 3.8) is 0 Å². The molecule has 13 heavy (non-hydrogen) atoms. The Morgan fingerprint density at radius 3 is 2.69 bits per heavy atom. The van der Waals surface area contributed by atoms with E-state index in [0.29, 0.717) is 13.0 Å². The van der Waals surface area contributed by atoms with Crippen molar-refractivity contribution in [3.05, 3.63) is 0 Å². The molecular weight excluding hydrogens is 170 g/mol. The summed E-state index contributed by atoms with van der Waals surface area (Å²) in [5.41, 5.74) is -0.808. The maximum Gasteiger partial charge on any atom is 0.320 e. The average molecular weight is 187 g/mol. The van der Waals surface area contributed by atoms with Crippen molar-refractivity contribution in [3.8, 4) is 0 Å². The number of nitrogens with zero attached hydrogens (tertiary/aromatic N) is 1. The molecule has 1 saturated heterocycles. The predicted octanol–water partition coefficient (Wildman–Crippen LogP) is 0.306. The molecule has 1 aliphatic rings. The number of carboxylic acids is 1. The Morgan fingerprint density at radius 1 is 1.62 bits per heavy atom. The van der Waals surface area contributed by atoms with Crippen molar-refractivity contribution in [2.75, 3.05) is 13.1 Å². The molecule has 0 amide bonds. The van der Waals surface area contributed by atoms with Gasteiger partial charge >= 0.3 is 5.97 Å². The van der Waals surface area contributed by atoms with Crippen LogP contribution in [0.3, 0.4) is 0 Å². The summed E-state index contributed by atoms with van der Waals surface area (Å²) in [6, 6.07) is -0.397. The molecule has 0 saturated carbocycles. The molecule has 0 aliphatic carbocycles. The highest BCUT2D eigenvalue weighted by Gasteiger charge is 2.33. The molecule has 1 rings (SSSR count). The topological polar surface area (TPSA) is 60.8 Å². The van der Waals surface area contributed by atoms with Gasteiger partial charge in [0.25, 0.3) is 0 Å². The molecule has 0 spiro atoms. The van der Waals surface area contributed by atoms with Crippen LogP contribution in [0.25, 0.3) is 0 Å². The smallest absolute Gasteiger partial charge is 0.320 e. The Morgan fingerprint density at radius 2 is 2.23 bits per heavy atom. The van der Waals surface area contributed by atoms with Gasteiger partial charge in [-0.1, -0.05) is 0 Å². The van der Waals surface area contributed by atoms with E-state index in [1.54, 1.807) is 13.8 Å². The minimum absolute atomic E-state index is 0.397. The number of aliphatic hydroxyl groups is 1. The molecule has 1 heterocycles. The fourth-order valence-corrected chi connectivity index (χ4v) is 1.79. The Hall–Kier alpha value is -0.610. The SMILES string of the molecule is CC(C)(O)CN1CCCC1C(=O)O. The van der Waals surface area contributed by atoms with E-state index in [4.69, 9.17) is 5.11 Å². The van der Waals surface area contributed by atoms with E-state index in [1.807, 2.05) is 4.90 Å². The second-order valence-electron chi connectivity index (χ2n) is 4.28. The fourth-order valence-electron chi connectivity index (χ4n) is 1.79. The summed E-state index contributed by atoms with van der Waals surface area (Å²) in [7, 11) is 0. The summed E-state index contributed by atoms with van der Waals surface area (Å²) in [5, 5.41) is 18.4. The van der Waals surface area contributed by atoms with E-state index in [-0.39, 0.29) is 0 Å². The van der Waals surface area contributed by atoms with Gasteiger partial charge in [-0.05, 0) is 33.2 Å². The fraction of sp³-hybridized carbons (Fsp3) is 0.889. The van der Waals surface area contributed by atoms with E-state index in [9.17, 15) is 9.90 Å². The summed E-state index contributed by atoms with van der Waals surface area (Å²) in [4.78, 5) is 12.6. The molecule has 1 unspecified atom stereocenters. The van der Waals surface area contributed by atoms with Gasteiger partial charge in [0, 0.05) is 6.54 Å². The van der Waals surface area contributed by atoms with Crippen LogP contribution in [0.1, 0.15) is 26.7 Å². The van der Waals surface area contributed by atoms with Crippen molar-refractivity contribution in [1.82, 2.24) is 4.90 Å². The average Bonchev–Trinajstić information content (AvgIpc) is 2.31. The zero-order chi connectivity index (χ0) is 10.1. The molecular formula is C9H17NO3. The molecule has 1 atom stereocenters. The Labute approximate surface area is 78.2 Å². The molecule has 0 aromatic rings. The molecule has 1 aliphatic heterocycles.